The van der Waals surface area contributed by atoms with Crippen LogP contribution in [0, 0.1) is 5.92 Å². The third kappa shape index (κ3) is 3.42. The number of benzene rings is 1. The van der Waals surface area contributed by atoms with Crippen LogP contribution in [-0.4, -0.2) is 46.0 Å². The second-order valence-corrected chi connectivity index (χ2v) is 7.57. The highest BCUT2D eigenvalue weighted by atomic mass is 16.5. The molecule has 1 aliphatic heterocycles. The first-order chi connectivity index (χ1) is 14.2. The zero-order chi connectivity index (χ0) is 19.8. The molecule has 0 unspecified atom stereocenters. The molecule has 0 radical (unpaired) electrons. The van der Waals surface area contributed by atoms with E-state index in [1.807, 2.05) is 23.1 Å². The van der Waals surface area contributed by atoms with Gasteiger partial charge in [-0.3, -0.25) is 14.5 Å². The van der Waals surface area contributed by atoms with Gasteiger partial charge in [0.05, 0.1) is 61.4 Å². The molecule has 1 fully saturated rings. The Labute approximate surface area is 168 Å². The van der Waals surface area contributed by atoms with Gasteiger partial charge in [-0.1, -0.05) is 12.1 Å². The fourth-order valence-corrected chi connectivity index (χ4v) is 3.97. The molecule has 3 heterocycles. The molecule has 7 heteroatoms. The standard InChI is InChI=1S/C22H22N4O3/c1-28-22(27)16-8-18(9-16)26-13-17(11-24-26)21-12-23-20-10-15(2-3-19(20)25-21)14-4-6-29-7-5-14/h2-4,10-13,16,18H,5-9H2,1H3. The fraction of sp³-hybridized carbons (Fsp3) is 0.364. The van der Waals surface area contributed by atoms with Crippen molar-refractivity contribution in [3.8, 4) is 11.3 Å². The maximum absolute atomic E-state index is 11.6. The second kappa shape index (κ2) is 7.40. The van der Waals surface area contributed by atoms with E-state index in [4.69, 9.17) is 14.5 Å². The zero-order valence-corrected chi connectivity index (χ0v) is 16.2. The van der Waals surface area contributed by atoms with Gasteiger partial charge in [0.15, 0.2) is 0 Å². The monoisotopic (exact) mass is 390 g/mol. The number of fused-ring (bicyclic) bond motifs is 1. The second-order valence-electron chi connectivity index (χ2n) is 7.57. The molecular formula is C22H22N4O3. The van der Waals surface area contributed by atoms with Crippen LogP contribution in [0.1, 0.15) is 30.9 Å². The molecule has 1 aliphatic carbocycles. The minimum absolute atomic E-state index is 0.0156. The van der Waals surface area contributed by atoms with Crippen LogP contribution in [0.4, 0.5) is 0 Å². The molecule has 0 amide bonds. The lowest BCUT2D eigenvalue weighted by Crippen LogP contribution is -2.33. The predicted octanol–water partition coefficient (Wildman–Crippen LogP) is 3.42. The van der Waals surface area contributed by atoms with Gasteiger partial charge in [0.25, 0.3) is 0 Å². The molecule has 148 valence electrons. The molecule has 2 aliphatic rings. The van der Waals surface area contributed by atoms with Crippen molar-refractivity contribution < 1.29 is 14.3 Å². The van der Waals surface area contributed by atoms with Crippen molar-refractivity contribution in [3.63, 3.8) is 0 Å². The molecule has 1 aromatic carbocycles. The van der Waals surface area contributed by atoms with Gasteiger partial charge in [-0.2, -0.15) is 5.10 Å². The van der Waals surface area contributed by atoms with Gasteiger partial charge in [-0.15, -0.1) is 0 Å². The highest BCUT2D eigenvalue weighted by Crippen LogP contribution is 2.38. The molecule has 2 aromatic heterocycles. The Kier molecular flexibility index (Phi) is 4.60. The first-order valence-electron chi connectivity index (χ1n) is 9.87. The lowest BCUT2D eigenvalue weighted by atomic mass is 9.80. The zero-order valence-electron chi connectivity index (χ0n) is 16.2. The number of rotatable bonds is 4. The van der Waals surface area contributed by atoms with Crippen LogP contribution in [0.3, 0.4) is 0 Å². The summed E-state index contributed by atoms with van der Waals surface area (Å²) in [5.41, 5.74) is 5.95. The number of methoxy groups -OCH3 is 1. The lowest BCUT2D eigenvalue weighted by molar-refractivity contribution is -0.149. The third-order valence-electron chi connectivity index (χ3n) is 5.80. The smallest absolute Gasteiger partial charge is 0.308 e. The maximum atomic E-state index is 11.6. The van der Waals surface area contributed by atoms with Crippen LogP contribution >= 0.6 is 0 Å². The molecule has 0 N–H and O–H groups in total. The predicted molar refractivity (Wildman–Crippen MR) is 108 cm³/mol. The minimum atomic E-state index is -0.134. The maximum Gasteiger partial charge on any atom is 0.308 e. The van der Waals surface area contributed by atoms with Crippen molar-refractivity contribution in [2.24, 2.45) is 5.92 Å². The normalized spacial score (nSPS) is 21.5. The highest BCUT2D eigenvalue weighted by Gasteiger charge is 2.36. The topological polar surface area (TPSA) is 79.1 Å². The Bertz CT molecular complexity index is 1100. The number of hydrogen-bond acceptors (Lipinski definition) is 6. The number of hydrogen-bond donors (Lipinski definition) is 0. The average molecular weight is 390 g/mol. The summed E-state index contributed by atoms with van der Waals surface area (Å²) in [5, 5.41) is 4.47. The Morgan fingerprint density at radius 1 is 1.21 bits per heavy atom. The average Bonchev–Trinajstić information content (AvgIpc) is 3.22. The first kappa shape index (κ1) is 18.0. The SMILES string of the molecule is COC(=O)C1CC(n2cc(-c3cnc4cc(C5=CCOCC5)ccc4n3)cn2)C1. The van der Waals surface area contributed by atoms with E-state index in [2.05, 4.69) is 28.3 Å². The summed E-state index contributed by atoms with van der Waals surface area (Å²) in [6.07, 6.45) is 10.2. The number of ether oxygens (including phenoxy) is 2. The van der Waals surface area contributed by atoms with Crippen LogP contribution in [0.15, 0.2) is 42.9 Å². The van der Waals surface area contributed by atoms with E-state index in [0.29, 0.717) is 6.61 Å². The summed E-state index contributed by atoms with van der Waals surface area (Å²) in [6, 6.07) is 6.45. The molecule has 7 nitrogen and oxygen atoms in total. The molecule has 0 spiro atoms. The van der Waals surface area contributed by atoms with Crippen molar-refractivity contribution in [3.05, 3.63) is 48.4 Å². The van der Waals surface area contributed by atoms with E-state index in [1.165, 1.54) is 18.2 Å². The van der Waals surface area contributed by atoms with E-state index in [0.717, 1.165) is 48.2 Å². The van der Waals surface area contributed by atoms with Gasteiger partial charge in [-0.25, -0.2) is 4.98 Å². The summed E-state index contributed by atoms with van der Waals surface area (Å²) in [7, 11) is 1.43. The summed E-state index contributed by atoms with van der Waals surface area (Å²) in [4.78, 5) is 21.0. The van der Waals surface area contributed by atoms with Gasteiger partial charge in [0.1, 0.15) is 0 Å². The van der Waals surface area contributed by atoms with Crippen molar-refractivity contribution >= 4 is 22.6 Å². The third-order valence-corrected chi connectivity index (χ3v) is 5.80. The first-order valence-corrected chi connectivity index (χ1v) is 9.87. The van der Waals surface area contributed by atoms with Crippen LogP contribution in [0.25, 0.3) is 27.9 Å². The van der Waals surface area contributed by atoms with Crippen LogP contribution in [0.2, 0.25) is 0 Å². The van der Waals surface area contributed by atoms with Crippen molar-refractivity contribution in [2.75, 3.05) is 20.3 Å². The summed E-state index contributed by atoms with van der Waals surface area (Å²) in [5.74, 6) is -0.150. The number of nitrogens with zero attached hydrogens (tertiary/aromatic N) is 4. The van der Waals surface area contributed by atoms with Gasteiger partial charge >= 0.3 is 5.97 Å². The Balaban J connectivity index is 1.35. The van der Waals surface area contributed by atoms with Crippen molar-refractivity contribution in [1.29, 1.82) is 0 Å². The summed E-state index contributed by atoms with van der Waals surface area (Å²) in [6.45, 7) is 1.43. The van der Waals surface area contributed by atoms with Crippen molar-refractivity contribution in [2.45, 2.75) is 25.3 Å². The Hall–Kier alpha value is -3.06. The van der Waals surface area contributed by atoms with Crippen molar-refractivity contribution in [1.82, 2.24) is 19.7 Å². The quantitative estimate of drug-likeness (QED) is 0.635. The number of aromatic nitrogens is 4. The van der Waals surface area contributed by atoms with Gasteiger partial charge in [0.2, 0.25) is 0 Å². The molecular weight excluding hydrogens is 368 g/mol. The van der Waals surface area contributed by atoms with E-state index in [1.54, 1.807) is 6.20 Å². The van der Waals surface area contributed by atoms with Gasteiger partial charge in [0, 0.05) is 11.8 Å². The van der Waals surface area contributed by atoms with Gasteiger partial charge in [-0.05, 0) is 42.5 Å². The minimum Gasteiger partial charge on any atom is -0.469 e. The molecule has 3 aromatic rings. The number of esters is 1. The Morgan fingerprint density at radius 2 is 2.10 bits per heavy atom. The largest absolute Gasteiger partial charge is 0.469 e. The fourth-order valence-electron chi connectivity index (χ4n) is 3.97. The van der Waals surface area contributed by atoms with Crippen LogP contribution in [0.5, 0.6) is 0 Å². The molecule has 1 saturated carbocycles. The molecule has 29 heavy (non-hydrogen) atoms. The summed E-state index contributed by atoms with van der Waals surface area (Å²) >= 11 is 0. The number of carbonyl (C=O) groups is 1. The van der Waals surface area contributed by atoms with Gasteiger partial charge < -0.3 is 9.47 Å². The molecule has 0 bridgehead atoms. The van der Waals surface area contributed by atoms with E-state index < -0.39 is 0 Å². The highest BCUT2D eigenvalue weighted by molar-refractivity contribution is 5.82. The van der Waals surface area contributed by atoms with E-state index >= 15 is 0 Å². The van der Waals surface area contributed by atoms with Crippen LogP contribution < -0.4 is 0 Å². The molecule has 5 rings (SSSR count). The van der Waals surface area contributed by atoms with Crippen LogP contribution in [-0.2, 0) is 14.3 Å². The van der Waals surface area contributed by atoms with E-state index in [-0.39, 0.29) is 17.9 Å². The molecule has 0 atom stereocenters. The van der Waals surface area contributed by atoms with E-state index in [9.17, 15) is 4.79 Å². The summed E-state index contributed by atoms with van der Waals surface area (Å²) < 4.78 is 12.1. The molecule has 0 saturated heterocycles. The number of carbonyl (C=O) groups excluding carboxylic acids is 1. The Morgan fingerprint density at radius 3 is 2.90 bits per heavy atom. The lowest BCUT2D eigenvalue weighted by Gasteiger charge is -2.33.